The molecule has 1 aromatic heterocycles. The molecule has 0 aromatic carbocycles. The van der Waals surface area contributed by atoms with Crippen molar-refractivity contribution in [1.82, 2.24) is 20.7 Å². The van der Waals surface area contributed by atoms with Crippen LogP contribution in [-0.2, 0) is 25.5 Å². The summed E-state index contributed by atoms with van der Waals surface area (Å²) in [5.74, 6) is -0.806. The highest BCUT2D eigenvalue weighted by molar-refractivity contribution is 9.10. The van der Waals surface area contributed by atoms with Crippen molar-refractivity contribution >= 4 is 33.9 Å². The van der Waals surface area contributed by atoms with Crippen LogP contribution in [0.3, 0.4) is 0 Å². The summed E-state index contributed by atoms with van der Waals surface area (Å²) in [5.41, 5.74) is 2.95. The van der Waals surface area contributed by atoms with E-state index in [2.05, 4.69) is 31.7 Å². The van der Waals surface area contributed by atoms with Crippen molar-refractivity contribution in [3.8, 4) is 0 Å². The summed E-state index contributed by atoms with van der Waals surface area (Å²) in [5, 5.41) is 4.00. The smallest absolute Gasteiger partial charge is 0.408 e. The number of rotatable bonds is 5. The van der Waals surface area contributed by atoms with Crippen LogP contribution in [0.2, 0.25) is 0 Å². The van der Waals surface area contributed by atoms with Crippen LogP contribution in [0.15, 0.2) is 22.9 Å². The molecule has 29 heavy (non-hydrogen) atoms. The standard InChI is InChI=1S/C19H27BrN4O5/c1-19(2,3)29-18(27)22-15(9-12-8-13(20)11-21-10-12)16(25)24-7-5-6-14(23-24)17(26)28-4/h8,10-11,14-15,23H,5-7,9H2,1-4H3,(H,22,27)/t14-,15-/m0/s1. The number of hydrogen-bond acceptors (Lipinski definition) is 7. The lowest BCUT2D eigenvalue weighted by atomic mass is 10.1. The molecule has 0 bridgehead atoms. The molecule has 2 N–H and O–H groups in total. The van der Waals surface area contributed by atoms with Gasteiger partial charge < -0.3 is 14.8 Å². The number of alkyl carbamates (subject to hydrolysis) is 1. The minimum atomic E-state index is -0.898. The highest BCUT2D eigenvalue weighted by atomic mass is 79.9. The van der Waals surface area contributed by atoms with E-state index in [1.54, 1.807) is 33.2 Å². The van der Waals surface area contributed by atoms with Gasteiger partial charge in [0.2, 0.25) is 0 Å². The van der Waals surface area contributed by atoms with Crippen molar-refractivity contribution in [3.05, 3.63) is 28.5 Å². The lowest BCUT2D eigenvalue weighted by molar-refractivity contribution is -0.150. The topological polar surface area (TPSA) is 110 Å². The molecule has 0 unspecified atom stereocenters. The number of amides is 2. The number of nitrogens with one attached hydrogen (secondary N) is 2. The predicted octanol–water partition coefficient (Wildman–Crippen LogP) is 1.95. The molecule has 0 saturated carbocycles. The first-order chi connectivity index (χ1) is 13.6. The molecule has 2 amide bonds. The zero-order valence-corrected chi connectivity index (χ0v) is 18.6. The SMILES string of the molecule is COC(=O)[C@@H]1CCCN(C(=O)[C@H](Cc2cncc(Br)c2)NC(=O)OC(C)(C)C)N1. The fourth-order valence-corrected chi connectivity index (χ4v) is 3.31. The van der Waals surface area contributed by atoms with Gasteiger partial charge in [-0.25, -0.2) is 10.2 Å². The number of halogens is 1. The van der Waals surface area contributed by atoms with Gasteiger partial charge in [0.05, 0.1) is 7.11 Å². The number of pyridine rings is 1. The van der Waals surface area contributed by atoms with E-state index in [4.69, 9.17) is 9.47 Å². The molecule has 9 nitrogen and oxygen atoms in total. The van der Waals surface area contributed by atoms with Gasteiger partial charge in [0.1, 0.15) is 17.7 Å². The van der Waals surface area contributed by atoms with E-state index in [0.717, 1.165) is 10.0 Å². The van der Waals surface area contributed by atoms with Crippen LogP contribution in [0.4, 0.5) is 4.79 Å². The average Bonchev–Trinajstić information content (AvgIpc) is 2.65. The monoisotopic (exact) mass is 470 g/mol. The fourth-order valence-electron chi connectivity index (χ4n) is 2.90. The third-order valence-corrected chi connectivity index (χ3v) is 4.56. The third-order valence-electron chi connectivity index (χ3n) is 4.13. The van der Waals surface area contributed by atoms with Gasteiger partial charge >= 0.3 is 12.1 Å². The van der Waals surface area contributed by atoms with Crippen LogP contribution in [0.5, 0.6) is 0 Å². The van der Waals surface area contributed by atoms with E-state index in [9.17, 15) is 14.4 Å². The summed E-state index contributed by atoms with van der Waals surface area (Å²) < 4.78 is 10.8. The Morgan fingerprint density at radius 3 is 2.72 bits per heavy atom. The zero-order chi connectivity index (χ0) is 21.6. The van der Waals surface area contributed by atoms with E-state index in [1.165, 1.54) is 12.1 Å². The molecule has 1 aliphatic rings. The van der Waals surface area contributed by atoms with Gasteiger partial charge in [0, 0.05) is 29.8 Å². The highest BCUT2D eigenvalue weighted by Gasteiger charge is 2.33. The van der Waals surface area contributed by atoms with E-state index in [-0.39, 0.29) is 12.3 Å². The van der Waals surface area contributed by atoms with Crippen molar-refractivity contribution in [1.29, 1.82) is 0 Å². The Hall–Kier alpha value is -2.20. The minimum Gasteiger partial charge on any atom is -0.468 e. The van der Waals surface area contributed by atoms with Gasteiger partial charge in [0.25, 0.3) is 5.91 Å². The van der Waals surface area contributed by atoms with Crippen LogP contribution < -0.4 is 10.7 Å². The normalized spacial score (nSPS) is 18.0. The molecule has 10 heteroatoms. The lowest BCUT2D eigenvalue weighted by Crippen LogP contribution is -2.60. The number of carbonyl (C=O) groups is 3. The van der Waals surface area contributed by atoms with Gasteiger partial charge in [-0.3, -0.25) is 19.6 Å². The van der Waals surface area contributed by atoms with Crippen LogP contribution in [0.25, 0.3) is 0 Å². The number of ether oxygens (including phenoxy) is 2. The van der Waals surface area contributed by atoms with E-state index in [1.807, 2.05) is 6.07 Å². The number of hydrazine groups is 1. The van der Waals surface area contributed by atoms with Crippen molar-refractivity contribution < 1.29 is 23.9 Å². The molecule has 2 atom stereocenters. The Labute approximate surface area is 178 Å². The summed E-state index contributed by atoms with van der Waals surface area (Å²) in [6.07, 6.45) is 3.98. The summed E-state index contributed by atoms with van der Waals surface area (Å²) in [4.78, 5) is 41.4. The third kappa shape index (κ3) is 7.28. The van der Waals surface area contributed by atoms with Gasteiger partial charge in [0.15, 0.2) is 0 Å². The molecule has 0 spiro atoms. The molecule has 1 aliphatic heterocycles. The molecule has 160 valence electrons. The summed E-state index contributed by atoms with van der Waals surface area (Å²) in [6, 6.07) is 0.322. The molecular formula is C19H27BrN4O5. The Balaban J connectivity index is 2.17. The quantitative estimate of drug-likeness (QED) is 0.632. The molecule has 0 aliphatic carbocycles. The fraction of sp³-hybridized carbons (Fsp3) is 0.579. The first-order valence-corrected chi connectivity index (χ1v) is 10.1. The molecule has 0 radical (unpaired) electrons. The Morgan fingerprint density at radius 2 is 2.10 bits per heavy atom. The highest BCUT2D eigenvalue weighted by Crippen LogP contribution is 2.15. The molecule has 1 aromatic rings. The Morgan fingerprint density at radius 1 is 1.38 bits per heavy atom. The van der Waals surface area contributed by atoms with Gasteiger partial charge in [-0.2, -0.15) is 0 Å². The second-order valence-corrected chi connectivity index (χ2v) is 8.67. The van der Waals surface area contributed by atoms with E-state index >= 15 is 0 Å². The van der Waals surface area contributed by atoms with Gasteiger partial charge in [-0.05, 0) is 61.2 Å². The van der Waals surface area contributed by atoms with Crippen molar-refractivity contribution in [2.24, 2.45) is 0 Å². The van der Waals surface area contributed by atoms with Crippen LogP contribution in [0.1, 0.15) is 39.2 Å². The number of esters is 1. The summed E-state index contributed by atoms with van der Waals surface area (Å²) >= 11 is 3.35. The van der Waals surface area contributed by atoms with Gasteiger partial charge in [-0.15, -0.1) is 0 Å². The number of nitrogens with zero attached hydrogens (tertiary/aromatic N) is 2. The Kier molecular flexibility index (Phi) is 7.97. The van der Waals surface area contributed by atoms with Crippen molar-refractivity contribution in [2.75, 3.05) is 13.7 Å². The second kappa shape index (κ2) is 10.0. The van der Waals surface area contributed by atoms with Crippen LogP contribution >= 0.6 is 15.9 Å². The maximum Gasteiger partial charge on any atom is 0.408 e. The first kappa shape index (κ1) is 23.1. The molecule has 1 saturated heterocycles. The number of methoxy groups -OCH3 is 1. The lowest BCUT2D eigenvalue weighted by Gasteiger charge is -2.35. The van der Waals surface area contributed by atoms with Crippen molar-refractivity contribution in [2.45, 2.75) is 57.7 Å². The summed E-state index contributed by atoms with van der Waals surface area (Å²) in [7, 11) is 1.30. The Bertz CT molecular complexity index is 752. The van der Waals surface area contributed by atoms with Gasteiger partial charge in [-0.1, -0.05) is 0 Å². The largest absolute Gasteiger partial charge is 0.468 e. The zero-order valence-electron chi connectivity index (χ0n) is 17.0. The van der Waals surface area contributed by atoms with Crippen LogP contribution in [0, 0.1) is 0 Å². The average molecular weight is 471 g/mol. The minimum absolute atomic E-state index is 0.214. The van der Waals surface area contributed by atoms with Crippen molar-refractivity contribution in [3.63, 3.8) is 0 Å². The molecule has 2 rings (SSSR count). The number of carbonyl (C=O) groups excluding carboxylic acids is 3. The maximum atomic E-state index is 13.2. The van der Waals surface area contributed by atoms with Crippen LogP contribution in [-0.4, -0.2) is 59.3 Å². The molecule has 2 heterocycles. The summed E-state index contributed by atoms with van der Waals surface area (Å²) in [6.45, 7) is 5.65. The number of hydrogen-bond donors (Lipinski definition) is 2. The van der Waals surface area contributed by atoms with E-state index in [0.29, 0.717) is 19.4 Å². The molecular weight excluding hydrogens is 444 g/mol. The second-order valence-electron chi connectivity index (χ2n) is 7.75. The predicted molar refractivity (Wildman–Crippen MR) is 109 cm³/mol. The first-order valence-electron chi connectivity index (χ1n) is 9.33. The number of aromatic nitrogens is 1. The van der Waals surface area contributed by atoms with E-state index < -0.39 is 29.7 Å². The molecule has 1 fully saturated rings. The maximum absolute atomic E-state index is 13.2.